The lowest BCUT2D eigenvalue weighted by Gasteiger charge is -2.33. The number of nitrogens with one attached hydrogen (secondary N) is 1. The Hall–Kier alpha value is -2.85. The molecule has 2 rings (SSSR count). The summed E-state index contributed by atoms with van der Waals surface area (Å²) in [5.74, 6) is -1.19. The summed E-state index contributed by atoms with van der Waals surface area (Å²) >= 11 is 6.11. The molecule has 0 aliphatic heterocycles. The van der Waals surface area contributed by atoms with E-state index in [1.165, 1.54) is 48.4 Å². The number of methoxy groups -OCH3 is 1. The first-order valence-electron chi connectivity index (χ1n) is 11.6. The van der Waals surface area contributed by atoms with E-state index in [0.29, 0.717) is 12.0 Å². The number of hydrogen-bond donors (Lipinski definition) is 1. The number of nitrogens with zero attached hydrogens (tertiary/aromatic N) is 2. The molecule has 0 saturated heterocycles. The lowest BCUT2D eigenvalue weighted by atomic mass is 10.1. The van der Waals surface area contributed by atoms with E-state index in [9.17, 15) is 22.4 Å². The monoisotopic (exact) mass is 541 g/mol. The normalized spacial score (nSPS) is 13.0. The zero-order valence-electron chi connectivity index (χ0n) is 21.1. The minimum atomic E-state index is -3.95. The van der Waals surface area contributed by atoms with Crippen LogP contribution in [0.2, 0.25) is 5.02 Å². The Bertz CT molecular complexity index is 1160. The number of carbonyl (C=O) groups excluding carboxylic acids is 2. The van der Waals surface area contributed by atoms with Crippen LogP contribution in [-0.4, -0.2) is 57.1 Å². The molecule has 8 nitrogen and oxygen atoms in total. The van der Waals surface area contributed by atoms with Gasteiger partial charge in [0.05, 0.1) is 19.1 Å². The standard InChI is InChI=1S/C25H33ClFN3O5S/c1-6-17(3)28-25(32)21(7-2)29(15-18-8-11-20(27)12-9-18)24(31)16-30(36(5,33)34)22-14-19(26)10-13-23(22)35-4/h8-14,17,21H,6-7,15-16H2,1-5H3,(H,28,32)/t17-,21+/m0/s1. The number of halogens is 2. The second kappa shape index (κ2) is 12.9. The average Bonchev–Trinajstić information content (AvgIpc) is 2.82. The molecule has 36 heavy (non-hydrogen) atoms. The van der Waals surface area contributed by atoms with Crippen LogP contribution in [-0.2, 0) is 26.2 Å². The third-order valence-corrected chi connectivity index (χ3v) is 7.10. The molecule has 0 heterocycles. The van der Waals surface area contributed by atoms with Crippen molar-refractivity contribution in [2.24, 2.45) is 0 Å². The highest BCUT2D eigenvalue weighted by Gasteiger charge is 2.33. The van der Waals surface area contributed by atoms with E-state index in [1.54, 1.807) is 13.0 Å². The highest BCUT2D eigenvalue weighted by atomic mass is 35.5. The van der Waals surface area contributed by atoms with Gasteiger partial charge in [0.15, 0.2) is 0 Å². The minimum Gasteiger partial charge on any atom is -0.495 e. The zero-order chi connectivity index (χ0) is 27.0. The molecule has 0 saturated carbocycles. The molecule has 0 aromatic heterocycles. The molecule has 0 aliphatic rings. The van der Waals surface area contributed by atoms with Crippen molar-refractivity contribution in [2.45, 2.75) is 52.2 Å². The summed E-state index contributed by atoms with van der Waals surface area (Å²) in [6, 6.07) is 9.01. The number of anilines is 1. The molecule has 2 aromatic carbocycles. The molecule has 11 heteroatoms. The Labute approximate surface area is 217 Å². The van der Waals surface area contributed by atoms with Gasteiger partial charge in [0.1, 0.15) is 24.2 Å². The maximum absolute atomic E-state index is 13.7. The van der Waals surface area contributed by atoms with Gasteiger partial charge >= 0.3 is 0 Å². The van der Waals surface area contributed by atoms with E-state index in [2.05, 4.69) is 5.32 Å². The third kappa shape index (κ3) is 7.83. The fourth-order valence-electron chi connectivity index (χ4n) is 3.60. The topological polar surface area (TPSA) is 96.0 Å². The fourth-order valence-corrected chi connectivity index (χ4v) is 4.61. The van der Waals surface area contributed by atoms with Gasteiger partial charge in [0, 0.05) is 17.6 Å². The van der Waals surface area contributed by atoms with E-state index < -0.39 is 34.3 Å². The highest BCUT2D eigenvalue weighted by molar-refractivity contribution is 7.92. The Balaban J connectivity index is 2.50. The van der Waals surface area contributed by atoms with Crippen LogP contribution in [0.5, 0.6) is 5.75 Å². The van der Waals surface area contributed by atoms with Crippen LogP contribution >= 0.6 is 11.6 Å². The molecular weight excluding hydrogens is 509 g/mol. The second-order valence-corrected chi connectivity index (χ2v) is 10.8. The van der Waals surface area contributed by atoms with E-state index in [4.69, 9.17) is 16.3 Å². The first-order chi connectivity index (χ1) is 16.9. The summed E-state index contributed by atoms with van der Waals surface area (Å²) in [6.07, 6.45) is 1.96. The molecular formula is C25H33ClFN3O5S. The number of benzene rings is 2. The Morgan fingerprint density at radius 3 is 2.28 bits per heavy atom. The zero-order valence-corrected chi connectivity index (χ0v) is 22.7. The van der Waals surface area contributed by atoms with Crippen LogP contribution in [0.15, 0.2) is 42.5 Å². The maximum atomic E-state index is 13.7. The molecule has 0 unspecified atom stereocenters. The average molecular weight is 542 g/mol. The minimum absolute atomic E-state index is 0.0180. The number of sulfonamides is 1. The SMILES string of the molecule is CC[C@H](C(=O)N[C@@H](C)CC)N(Cc1ccc(F)cc1)C(=O)CN(c1cc(Cl)ccc1OC)S(C)(=O)=O. The highest BCUT2D eigenvalue weighted by Crippen LogP contribution is 2.33. The van der Waals surface area contributed by atoms with Crippen molar-refractivity contribution in [1.82, 2.24) is 10.2 Å². The summed E-state index contributed by atoms with van der Waals surface area (Å²) in [7, 11) is -2.58. The molecule has 0 aliphatic carbocycles. The lowest BCUT2D eigenvalue weighted by Crippen LogP contribution is -2.53. The van der Waals surface area contributed by atoms with Crippen LogP contribution in [0, 0.1) is 5.82 Å². The van der Waals surface area contributed by atoms with Gasteiger partial charge in [-0.15, -0.1) is 0 Å². The van der Waals surface area contributed by atoms with Crippen LogP contribution in [0.3, 0.4) is 0 Å². The van der Waals surface area contributed by atoms with E-state index in [0.717, 1.165) is 10.6 Å². The summed E-state index contributed by atoms with van der Waals surface area (Å²) in [5.41, 5.74) is 0.686. The lowest BCUT2D eigenvalue weighted by molar-refractivity contribution is -0.140. The smallest absolute Gasteiger partial charge is 0.244 e. The van der Waals surface area contributed by atoms with Crippen molar-refractivity contribution < 1.29 is 27.1 Å². The second-order valence-electron chi connectivity index (χ2n) is 8.48. The van der Waals surface area contributed by atoms with Crippen molar-refractivity contribution in [3.8, 4) is 5.75 Å². The van der Waals surface area contributed by atoms with Gasteiger partial charge in [0.2, 0.25) is 21.8 Å². The van der Waals surface area contributed by atoms with Gasteiger partial charge in [0.25, 0.3) is 0 Å². The molecule has 0 fully saturated rings. The first kappa shape index (κ1) is 29.4. The Kier molecular flexibility index (Phi) is 10.5. The molecule has 2 atom stereocenters. The molecule has 1 N–H and O–H groups in total. The van der Waals surface area contributed by atoms with E-state index in [1.807, 2.05) is 13.8 Å². The van der Waals surface area contributed by atoms with Gasteiger partial charge in [-0.05, 0) is 55.7 Å². The number of hydrogen-bond acceptors (Lipinski definition) is 5. The van der Waals surface area contributed by atoms with Gasteiger partial charge in [-0.2, -0.15) is 0 Å². The van der Waals surface area contributed by atoms with Crippen molar-refractivity contribution in [3.05, 3.63) is 58.9 Å². The quantitative estimate of drug-likeness (QED) is 0.438. The molecule has 2 amide bonds. The Morgan fingerprint density at radius 1 is 1.11 bits per heavy atom. The van der Waals surface area contributed by atoms with Gasteiger partial charge in [-0.1, -0.05) is 37.6 Å². The van der Waals surface area contributed by atoms with Crippen molar-refractivity contribution in [1.29, 1.82) is 0 Å². The number of ether oxygens (including phenoxy) is 1. The first-order valence-corrected chi connectivity index (χ1v) is 13.8. The van der Waals surface area contributed by atoms with Gasteiger partial charge in [-0.3, -0.25) is 13.9 Å². The molecule has 0 bridgehead atoms. The van der Waals surface area contributed by atoms with Crippen LogP contribution in [0.25, 0.3) is 0 Å². The summed E-state index contributed by atoms with van der Waals surface area (Å²) in [6.45, 7) is 4.93. The van der Waals surface area contributed by atoms with Crippen LogP contribution < -0.4 is 14.4 Å². The fraction of sp³-hybridized carbons (Fsp3) is 0.440. The Morgan fingerprint density at radius 2 is 1.75 bits per heavy atom. The molecule has 198 valence electrons. The predicted molar refractivity (Wildman–Crippen MR) is 139 cm³/mol. The number of rotatable bonds is 12. The van der Waals surface area contributed by atoms with Gasteiger partial charge < -0.3 is 15.0 Å². The number of carbonyl (C=O) groups is 2. The number of amides is 2. The summed E-state index contributed by atoms with van der Waals surface area (Å²) in [4.78, 5) is 28.1. The van der Waals surface area contributed by atoms with Crippen molar-refractivity contribution in [2.75, 3.05) is 24.2 Å². The van der Waals surface area contributed by atoms with Crippen LogP contribution in [0.1, 0.15) is 39.2 Å². The molecule has 0 spiro atoms. The largest absolute Gasteiger partial charge is 0.495 e. The third-order valence-electron chi connectivity index (χ3n) is 5.74. The molecule has 2 aromatic rings. The summed E-state index contributed by atoms with van der Waals surface area (Å²) in [5, 5.41) is 3.15. The summed E-state index contributed by atoms with van der Waals surface area (Å²) < 4.78 is 45.2. The van der Waals surface area contributed by atoms with Crippen molar-refractivity contribution in [3.63, 3.8) is 0 Å². The van der Waals surface area contributed by atoms with Crippen LogP contribution in [0.4, 0.5) is 10.1 Å². The van der Waals surface area contributed by atoms with E-state index in [-0.39, 0.29) is 41.4 Å². The molecule has 0 radical (unpaired) electrons. The predicted octanol–water partition coefficient (Wildman–Crippen LogP) is 3.98. The maximum Gasteiger partial charge on any atom is 0.244 e. The van der Waals surface area contributed by atoms with Gasteiger partial charge in [-0.25, -0.2) is 12.8 Å². The van der Waals surface area contributed by atoms with Crippen molar-refractivity contribution >= 4 is 39.1 Å². The van der Waals surface area contributed by atoms with E-state index >= 15 is 0 Å².